The van der Waals surface area contributed by atoms with Crippen molar-refractivity contribution in [2.45, 2.75) is 25.8 Å². The maximum Gasteiger partial charge on any atom is 0.0701 e. The molecule has 1 aliphatic carbocycles. The first-order valence-corrected chi connectivity index (χ1v) is 6.46. The minimum absolute atomic E-state index is 0.604. The van der Waals surface area contributed by atoms with Crippen molar-refractivity contribution in [1.82, 2.24) is 5.32 Å². The second-order valence-corrected chi connectivity index (χ2v) is 5.85. The summed E-state index contributed by atoms with van der Waals surface area (Å²) in [6, 6.07) is 2.85. The zero-order chi connectivity index (χ0) is 9.26. The van der Waals surface area contributed by atoms with E-state index in [1.165, 1.54) is 22.2 Å². The van der Waals surface area contributed by atoms with Crippen LogP contribution in [-0.2, 0) is 0 Å². The van der Waals surface area contributed by atoms with Gasteiger partial charge in [-0.25, -0.2) is 0 Å². The molecule has 72 valence electrons. The molecule has 1 aromatic heterocycles. The van der Waals surface area contributed by atoms with Crippen LogP contribution in [0.2, 0.25) is 0 Å². The summed E-state index contributed by atoms with van der Waals surface area (Å²) in [4.78, 5) is 0. The molecule has 1 N–H and O–H groups in total. The van der Waals surface area contributed by atoms with Gasteiger partial charge in [-0.3, -0.25) is 0 Å². The molecule has 1 nitrogen and oxygen atoms in total. The highest BCUT2D eigenvalue weighted by Gasteiger charge is 2.31. The molecule has 1 aliphatic rings. The molecule has 0 aliphatic heterocycles. The van der Waals surface area contributed by atoms with Crippen molar-refractivity contribution in [3.63, 3.8) is 0 Å². The van der Waals surface area contributed by atoms with Gasteiger partial charge in [0.15, 0.2) is 0 Å². The van der Waals surface area contributed by atoms with E-state index in [2.05, 4.69) is 39.6 Å². The molecule has 0 saturated heterocycles. The molecule has 13 heavy (non-hydrogen) atoms. The van der Waals surface area contributed by atoms with E-state index in [4.69, 9.17) is 0 Å². The molecule has 0 bridgehead atoms. The van der Waals surface area contributed by atoms with Gasteiger partial charge < -0.3 is 5.32 Å². The van der Waals surface area contributed by atoms with Crippen LogP contribution in [0.25, 0.3) is 0 Å². The highest BCUT2D eigenvalue weighted by Crippen LogP contribution is 2.42. The molecule has 1 unspecified atom stereocenters. The predicted octanol–water partition coefficient (Wildman–Crippen LogP) is 3.57. The molecule has 0 aromatic carbocycles. The zero-order valence-electron chi connectivity index (χ0n) is 7.72. The molecule has 1 atom stereocenters. The van der Waals surface area contributed by atoms with Crippen LogP contribution in [-0.4, -0.2) is 6.54 Å². The Morgan fingerprint density at radius 2 is 2.46 bits per heavy atom. The summed E-state index contributed by atoms with van der Waals surface area (Å²) < 4.78 is 1.24. The van der Waals surface area contributed by atoms with Crippen molar-refractivity contribution in [2.24, 2.45) is 5.92 Å². The number of hydrogen-bond acceptors (Lipinski definition) is 2. The Bertz CT molecular complexity index is 280. The summed E-state index contributed by atoms with van der Waals surface area (Å²) in [7, 11) is 0. The second-order valence-electron chi connectivity index (χ2n) is 3.56. The van der Waals surface area contributed by atoms with E-state index in [0.717, 1.165) is 12.5 Å². The number of thiophene rings is 1. The lowest BCUT2D eigenvalue weighted by atomic mass is 10.1. The van der Waals surface area contributed by atoms with Crippen LogP contribution >= 0.6 is 27.3 Å². The Hall–Kier alpha value is 0.140. The van der Waals surface area contributed by atoms with Gasteiger partial charge in [-0.15, -0.1) is 11.3 Å². The smallest absolute Gasteiger partial charge is 0.0701 e. The summed E-state index contributed by atoms with van der Waals surface area (Å²) >= 11 is 5.29. The van der Waals surface area contributed by atoms with Crippen molar-refractivity contribution < 1.29 is 0 Å². The van der Waals surface area contributed by atoms with Gasteiger partial charge in [0.25, 0.3) is 0 Å². The lowest BCUT2D eigenvalue weighted by Crippen LogP contribution is -2.21. The molecule has 0 amide bonds. The molecule has 2 rings (SSSR count). The normalized spacial score (nSPS) is 18.9. The third kappa shape index (κ3) is 2.33. The van der Waals surface area contributed by atoms with Gasteiger partial charge in [0.2, 0.25) is 0 Å². The third-order valence-corrected chi connectivity index (χ3v) is 3.99. The first-order chi connectivity index (χ1) is 6.31. The van der Waals surface area contributed by atoms with E-state index in [1.807, 2.05) is 0 Å². The van der Waals surface area contributed by atoms with Gasteiger partial charge in [-0.05, 0) is 58.2 Å². The van der Waals surface area contributed by atoms with E-state index in [1.54, 1.807) is 11.3 Å². The van der Waals surface area contributed by atoms with Gasteiger partial charge in [-0.1, -0.05) is 6.92 Å². The molecule has 1 heterocycles. The summed E-state index contributed by atoms with van der Waals surface area (Å²) in [6.07, 6.45) is 2.79. The monoisotopic (exact) mass is 259 g/mol. The summed E-state index contributed by atoms with van der Waals surface area (Å²) in [5.74, 6) is 0.890. The lowest BCUT2D eigenvalue weighted by Gasteiger charge is -2.15. The van der Waals surface area contributed by atoms with Crippen LogP contribution in [0, 0.1) is 5.92 Å². The standard InChI is InChI=1S/C10H14BrNS/c1-2-12-10(7-3-4-7)8-5-9(11)13-6-8/h5-7,10,12H,2-4H2,1H3. The molecule has 1 aromatic rings. The predicted molar refractivity (Wildman–Crippen MR) is 61.2 cm³/mol. The number of rotatable bonds is 4. The number of nitrogens with one attached hydrogen (secondary N) is 1. The van der Waals surface area contributed by atoms with E-state index in [-0.39, 0.29) is 0 Å². The Morgan fingerprint density at radius 3 is 2.92 bits per heavy atom. The van der Waals surface area contributed by atoms with Crippen LogP contribution in [0.1, 0.15) is 31.4 Å². The largest absolute Gasteiger partial charge is 0.310 e. The Labute approximate surface area is 91.7 Å². The van der Waals surface area contributed by atoms with E-state index in [0.29, 0.717) is 6.04 Å². The van der Waals surface area contributed by atoms with E-state index < -0.39 is 0 Å². The van der Waals surface area contributed by atoms with Crippen LogP contribution in [0.5, 0.6) is 0 Å². The molecular weight excluding hydrogens is 246 g/mol. The van der Waals surface area contributed by atoms with Gasteiger partial charge in [0, 0.05) is 6.04 Å². The number of hydrogen-bond donors (Lipinski definition) is 1. The fourth-order valence-electron chi connectivity index (χ4n) is 1.69. The van der Waals surface area contributed by atoms with E-state index in [9.17, 15) is 0 Å². The molecule has 0 radical (unpaired) electrons. The fraction of sp³-hybridized carbons (Fsp3) is 0.600. The van der Waals surface area contributed by atoms with Crippen molar-refractivity contribution in [3.05, 3.63) is 20.8 Å². The SMILES string of the molecule is CCNC(c1csc(Br)c1)C1CC1. The molecule has 0 spiro atoms. The van der Waals surface area contributed by atoms with Gasteiger partial charge in [-0.2, -0.15) is 0 Å². The molecule has 1 fully saturated rings. The third-order valence-electron chi connectivity index (χ3n) is 2.46. The Kier molecular flexibility index (Phi) is 3.06. The van der Waals surface area contributed by atoms with Crippen molar-refractivity contribution in [3.8, 4) is 0 Å². The number of halogens is 1. The van der Waals surface area contributed by atoms with Gasteiger partial charge in [0.05, 0.1) is 3.79 Å². The van der Waals surface area contributed by atoms with Crippen molar-refractivity contribution in [1.29, 1.82) is 0 Å². The van der Waals surface area contributed by atoms with Gasteiger partial charge >= 0.3 is 0 Å². The minimum atomic E-state index is 0.604. The average molecular weight is 260 g/mol. The first-order valence-electron chi connectivity index (χ1n) is 4.78. The Balaban J connectivity index is 2.10. The minimum Gasteiger partial charge on any atom is -0.310 e. The van der Waals surface area contributed by atoms with Crippen LogP contribution in [0.3, 0.4) is 0 Å². The summed E-state index contributed by atoms with van der Waals surface area (Å²) in [5.41, 5.74) is 1.46. The topological polar surface area (TPSA) is 12.0 Å². The van der Waals surface area contributed by atoms with Crippen molar-refractivity contribution in [2.75, 3.05) is 6.54 Å². The first kappa shape index (κ1) is 9.69. The highest BCUT2D eigenvalue weighted by molar-refractivity contribution is 9.11. The average Bonchev–Trinajstić information content (AvgIpc) is 2.85. The fourth-order valence-corrected chi connectivity index (χ4v) is 2.90. The maximum absolute atomic E-state index is 3.56. The van der Waals surface area contributed by atoms with E-state index >= 15 is 0 Å². The molecular formula is C10H14BrNS. The molecule has 3 heteroatoms. The summed E-state index contributed by atoms with van der Waals surface area (Å²) in [6.45, 7) is 3.24. The quantitative estimate of drug-likeness (QED) is 0.872. The highest BCUT2D eigenvalue weighted by atomic mass is 79.9. The van der Waals surface area contributed by atoms with Crippen LogP contribution in [0.4, 0.5) is 0 Å². The Morgan fingerprint density at radius 1 is 1.69 bits per heavy atom. The van der Waals surface area contributed by atoms with Crippen molar-refractivity contribution >= 4 is 27.3 Å². The molecule has 1 saturated carbocycles. The zero-order valence-corrected chi connectivity index (χ0v) is 10.1. The maximum atomic E-state index is 3.56. The van der Waals surface area contributed by atoms with Crippen LogP contribution < -0.4 is 5.32 Å². The lowest BCUT2D eigenvalue weighted by molar-refractivity contribution is 0.497. The second kappa shape index (κ2) is 4.11. The van der Waals surface area contributed by atoms with Gasteiger partial charge in [0.1, 0.15) is 0 Å². The van der Waals surface area contributed by atoms with Crippen LogP contribution in [0.15, 0.2) is 15.2 Å². The summed E-state index contributed by atoms with van der Waals surface area (Å²) in [5, 5.41) is 5.82.